The maximum absolute atomic E-state index is 13.7. The molecule has 0 unspecified atom stereocenters. The normalized spacial score (nSPS) is 20.3. The number of imidazole rings is 1. The van der Waals surface area contributed by atoms with Gasteiger partial charge in [0.1, 0.15) is 0 Å². The van der Waals surface area contributed by atoms with Crippen molar-refractivity contribution in [2.24, 2.45) is 5.73 Å². The van der Waals surface area contributed by atoms with Crippen LogP contribution in [0.5, 0.6) is 0 Å². The fourth-order valence-electron chi connectivity index (χ4n) is 3.90. The lowest BCUT2D eigenvalue weighted by Gasteiger charge is -2.33. The van der Waals surface area contributed by atoms with E-state index in [9.17, 15) is 36.6 Å². The van der Waals surface area contributed by atoms with Crippen molar-refractivity contribution in [2.45, 2.75) is 43.5 Å². The maximum Gasteiger partial charge on any atom is 0.433 e. The van der Waals surface area contributed by atoms with E-state index in [4.69, 9.17) is 5.73 Å². The third kappa shape index (κ3) is 4.55. The zero-order valence-electron chi connectivity index (χ0n) is 17.3. The molecule has 3 aromatic rings. The summed E-state index contributed by atoms with van der Waals surface area (Å²) in [6.07, 6.45) is -4.39. The number of carbonyl (C=O) groups is 2. The van der Waals surface area contributed by atoms with E-state index in [-0.39, 0.29) is 28.9 Å². The van der Waals surface area contributed by atoms with E-state index in [0.717, 1.165) is 6.07 Å². The van der Waals surface area contributed by atoms with Crippen molar-refractivity contribution in [3.05, 3.63) is 53.9 Å². The van der Waals surface area contributed by atoms with Gasteiger partial charge in [-0.2, -0.15) is 13.2 Å². The van der Waals surface area contributed by atoms with Gasteiger partial charge in [0.25, 0.3) is 11.8 Å². The summed E-state index contributed by atoms with van der Waals surface area (Å²) >= 11 is 0. The molecule has 0 aliphatic heterocycles. The minimum atomic E-state index is -4.86. The number of aromatic nitrogens is 3. The molecular formula is C21H18F5N5O3. The van der Waals surface area contributed by atoms with Crippen LogP contribution in [0.25, 0.3) is 16.6 Å². The molecule has 8 nitrogen and oxygen atoms in total. The Hall–Kier alpha value is -3.61. The number of hydrogen-bond acceptors (Lipinski definition) is 5. The Bertz CT molecular complexity index is 1270. The van der Waals surface area contributed by atoms with Gasteiger partial charge in [-0.25, -0.2) is 13.8 Å². The van der Waals surface area contributed by atoms with Crippen molar-refractivity contribution in [1.29, 1.82) is 0 Å². The number of primary amides is 1. The average Bonchev–Trinajstić information content (AvgIpc) is 3.18. The van der Waals surface area contributed by atoms with Crippen LogP contribution in [-0.4, -0.2) is 49.4 Å². The van der Waals surface area contributed by atoms with Crippen molar-refractivity contribution in [2.75, 3.05) is 0 Å². The highest BCUT2D eigenvalue weighted by Gasteiger charge is 2.42. The van der Waals surface area contributed by atoms with Crippen LogP contribution in [0.15, 0.2) is 36.8 Å². The van der Waals surface area contributed by atoms with Crippen LogP contribution in [0.3, 0.4) is 0 Å². The fraction of sp³-hybridized carbons (Fsp3) is 0.333. The molecule has 2 amide bonds. The van der Waals surface area contributed by atoms with E-state index in [2.05, 4.69) is 15.3 Å². The van der Waals surface area contributed by atoms with E-state index in [1.807, 2.05) is 0 Å². The molecule has 34 heavy (non-hydrogen) atoms. The second kappa shape index (κ2) is 8.31. The average molecular weight is 483 g/mol. The van der Waals surface area contributed by atoms with E-state index in [1.165, 1.54) is 28.9 Å². The highest BCUT2D eigenvalue weighted by atomic mass is 19.4. The van der Waals surface area contributed by atoms with Gasteiger partial charge >= 0.3 is 6.18 Å². The number of nitrogens with two attached hydrogens (primary N) is 1. The molecule has 3 aromatic heterocycles. The van der Waals surface area contributed by atoms with Crippen LogP contribution in [-0.2, 0) is 6.18 Å². The molecule has 0 aromatic carbocycles. The number of hydrogen-bond donors (Lipinski definition) is 3. The lowest BCUT2D eigenvalue weighted by molar-refractivity contribution is -0.140. The van der Waals surface area contributed by atoms with Crippen molar-refractivity contribution in [3.8, 4) is 11.1 Å². The van der Waals surface area contributed by atoms with Crippen LogP contribution in [0.1, 0.15) is 45.9 Å². The maximum atomic E-state index is 13.7. The molecule has 0 spiro atoms. The Labute approximate surface area is 188 Å². The zero-order chi connectivity index (χ0) is 24.8. The summed E-state index contributed by atoms with van der Waals surface area (Å²) in [5.74, 6) is -4.98. The van der Waals surface area contributed by atoms with Gasteiger partial charge in [0, 0.05) is 30.8 Å². The molecule has 0 bridgehead atoms. The SMILES string of the molecule is NC(=O)c1ncc2cc(-c3cc(C(=O)N[C@H]4CC(F)(F)CC[C@@H]4O)cnc3C(F)(F)F)ccn12. The Morgan fingerprint density at radius 1 is 1.21 bits per heavy atom. The predicted octanol–water partition coefficient (Wildman–Crippen LogP) is 2.79. The summed E-state index contributed by atoms with van der Waals surface area (Å²) in [6.45, 7) is 0. The molecular weight excluding hydrogens is 465 g/mol. The molecule has 1 fully saturated rings. The van der Waals surface area contributed by atoms with Gasteiger partial charge in [-0.15, -0.1) is 0 Å². The monoisotopic (exact) mass is 483 g/mol. The topological polar surface area (TPSA) is 123 Å². The Morgan fingerprint density at radius 2 is 1.94 bits per heavy atom. The standard InChI is InChI=1S/C21H18F5N5O3/c22-20(23)3-1-15(32)14(7-20)30-19(34)11-6-13(16(28-8-11)21(24,25)26)10-2-4-31-12(5-10)9-29-18(31)17(27)33/h2,4-6,8-9,14-15,32H,1,3,7H2,(H2,27,33)(H,30,34)/t14-,15-/m0/s1. The number of aliphatic hydroxyl groups is 1. The van der Waals surface area contributed by atoms with Crippen molar-refractivity contribution >= 4 is 17.3 Å². The van der Waals surface area contributed by atoms with Crippen LogP contribution >= 0.6 is 0 Å². The molecule has 2 atom stereocenters. The molecule has 1 aliphatic rings. The lowest BCUT2D eigenvalue weighted by atomic mass is 9.89. The first-order valence-electron chi connectivity index (χ1n) is 10.1. The van der Waals surface area contributed by atoms with Crippen LogP contribution in [0, 0.1) is 0 Å². The van der Waals surface area contributed by atoms with Gasteiger partial charge in [-0.3, -0.25) is 19.0 Å². The first-order valence-corrected chi connectivity index (χ1v) is 10.1. The number of nitrogens with zero attached hydrogens (tertiary/aromatic N) is 3. The fourth-order valence-corrected chi connectivity index (χ4v) is 3.90. The lowest BCUT2D eigenvalue weighted by Crippen LogP contribution is -2.50. The number of halogens is 5. The van der Waals surface area contributed by atoms with Gasteiger partial charge in [0.2, 0.25) is 11.7 Å². The molecule has 4 rings (SSSR count). The summed E-state index contributed by atoms with van der Waals surface area (Å²) < 4.78 is 69.6. The van der Waals surface area contributed by atoms with Crippen molar-refractivity contribution in [3.63, 3.8) is 0 Å². The minimum Gasteiger partial charge on any atom is -0.391 e. The number of carbonyl (C=O) groups excluding carboxylic acids is 2. The number of pyridine rings is 2. The molecule has 1 saturated carbocycles. The van der Waals surface area contributed by atoms with Gasteiger partial charge in [-0.1, -0.05) is 0 Å². The minimum absolute atomic E-state index is 0.0159. The second-order valence-corrected chi connectivity index (χ2v) is 8.02. The summed E-state index contributed by atoms with van der Waals surface area (Å²) in [4.78, 5) is 31.3. The quantitative estimate of drug-likeness (QED) is 0.493. The summed E-state index contributed by atoms with van der Waals surface area (Å²) in [5.41, 5.74) is 3.48. The van der Waals surface area contributed by atoms with Crippen molar-refractivity contribution < 1.29 is 36.6 Å². The summed E-state index contributed by atoms with van der Waals surface area (Å²) in [6, 6.07) is 2.24. The van der Waals surface area contributed by atoms with Crippen LogP contribution < -0.4 is 11.1 Å². The Kier molecular flexibility index (Phi) is 5.75. The number of fused-ring (bicyclic) bond motifs is 1. The largest absolute Gasteiger partial charge is 0.433 e. The first-order chi connectivity index (χ1) is 15.9. The zero-order valence-corrected chi connectivity index (χ0v) is 17.3. The molecule has 3 heterocycles. The highest BCUT2D eigenvalue weighted by Crippen LogP contribution is 2.37. The van der Waals surface area contributed by atoms with E-state index >= 15 is 0 Å². The van der Waals surface area contributed by atoms with Crippen LogP contribution in [0.4, 0.5) is 22.0 Å². The second-order valence-electron chi connectivity index (χ2n) is 8.02. The van der Waals surface area contributed by atoms with E-state index in [1.54, 1.807) is 0 Å². The van der Waals surface area contributed by atoms with Gasteiger partial charge in [0.15, 0.2) is 5.69 Å². The molecule has 13 heteroatoms. The summed E-state index contributed by atoms with van der Waals surface area (Å²) in [5, 5.41) is 12.2. The predicted molar refractivity (Wildman–Crippen MR) is 108 cm³/mol. The van der Waals surface area contributed by atoms with Crippen LogP contribution in [0.2, 0.25) is 0 Å². The van der Waals surface area contributed by atoms with Gasteiger partial charge in [0.05, 0.1) is 29.4 Å². The number of alkyl halides is 5. The van der Waals surface area contributed by atoms with Gasteiger partial charge < -0.3 is 16.2 Å². The number of aliphatic hydroxyl groups excluding tert-OH is 1. The Balaban J connectivity index is 1.72. The molecule has 1 aliphatic carbocycles. The molecule has 0 saturated heterocycles. The van der Waals surface area contributed by atoms with Crippen molar-refractivity contribution in [1.82, 2.24) is 19.7 Å². The highest BCUT2D eigenvalue weighted by molar-refractivity contribution is 5.96. The molecule has 0 radical (unpaired) electrons. The number of rotatable bonds is 4. The third-order valence-electron chi connectivity index (χ3n) is 5.59. The molecule has 180 valence electrons. The molecule has 4 N–H and O–H groups in total. The first kappa shape index (κ1) is 23.5. The van der Waals surface area contributed by atoms with Gasteiger partial charge in [-0.05, 0) is 30.2 Å². The Morgan fingerprint density at radius 3 is 2.62 bits per heavy atom. The third-order valence-corrected chi connectivity index (χ3v) is 5.59. The number of nitrogens with one attached hydrogen (secondary N) is 1. The number of amides is 2. The smallest absolute Gasteiger partial charge is 0.391 e. The van der Waals surface area contributed by atoms with E-state index in [0.29, 0.717) is 6.20 Å². The van der Waals surface area contributed by atoms with E-state index < -0.39 is 60.2 Å². The summed E-state index contributed by atoms with van der Waals surface area (Å²) in [7, 11) is 0.